The van der Waals surface area contributed by atoms with Crippen LogP contribution < -0.4 is 5.32 Å². The maximum Gasteiger partial charge on any atom is 0.234 e. The van der Waals surface area contributed by atoms with Crippen LogP contribution in [0.25, 0.3) is 11.5 Å². The van der Waals surface area contributed by atoms with Gasteiger partial charge in [0.2, 0.25) is 17.7 Å². The van der Waals surface area contributed by atoms with Gasteiger partial charge in [-0.3, -0.25) is 14.5 Å². The van der Waals surface area contributed by atoms with Crippen molar-refractivity contribution in [3.05, 3.63) is 42.3 Å². The molecule has 1 aromatic heterocycles. The molecule has 2 amide bonds. The highest BCUT2D eigenvalue weighted by Crippen LogP contribution is 2.19. The number of nitrogens with zero attached hydrogens (tertiary/aromatic N) is 3. The minimum absolute atomic E-state index is 0.0463. The molecule has 0 spiro atoms. The highest BCUT2D eigenvalue weighted by atomic mass is 16.3. The van der Waals surface area contributed by atoms with E-state index in [1.807, 2.05) is 35.2 Å². The second kappa shape index (κ2) is 7.92. The molecule has 1 aliphatic heterocycles. The summed E-state index contributed by atoms with van der Waals surface area (Å²) in [6, 6.07) is 10.0. The molecule has 2 aromatic rings. The van der Waals surface area contributed by atoms with Gasteiger partial charge in [0.05, 0.1) is 18.7 Å². The summed E-state index contributed by atoms with van der Waals surface area (Å²) in [5.74, 6) is 0.670. The van der Waals surface area contributed by atoms with Crippen molar-refractivity contribution in [2.24, 2.45) is 0 Å². The largest absolute Gasteiger partial charge is 0.444 e. The average molecular weight is 368 g/mol. The molecule has 0 bridgehead atoms. The smallest absolute Gasteiger partial charge is 0.234 e. The van der Waals surface area contributed by atoms with Gasteiger partial charge in [-0.2, -0.15) is 0 Å². The van der Waals surface area contributed by atoms with Crippen molar-refractivity contribution in [1.29, 1.82) is 0 Å². The highest BCUT2D eigenvalue weighted by molar-refractivity contribution is 5.79. The zero-order valence-electron chi connectivity index (χ0n) is 15.3. The van der Waals surface area contributed by atoms with E-state index in [0.29, 0.717) is 37.3 Å². The number of rotatable bonds is 6. The molecule has 1 saturated carbocycles. The Balaban J connectivity index is 1.25. The lowest BCUT2D eigenvalue weighted by atomic mass is 10.2. The lowest BCUT2D eigenvalue weighted by Crippen LogP contribution is -2.51. The van der Waals surface area contributed by atoms with Crippen molar-refractivity contribution < 1.29 is 14.0 Å². The number of piperazine rings is 1. The Morgan fingerprint density at radius 1 is 1.11 bits per heavy atom. The maximum absolute atomic E-state index is 12.5. The van der Waals surface area contributed by atoms with E-state index >= 15 is 0 Å². The lowest BCUT2D eigenvalue weighted by molar-refractivity contribution is -0.132. The second-order valence-electron chi connectivity index (χ2n) is 7.19. The summed E-state index contributed by atoms with van der Waals surface area (Å²) in [6.45, 7) is 3.13. The number of benzene rings is 1. The topological polar surface area (TPSA) is 78.7 Å². The van der Waals surface area contributed by atoms with Gasteiger partial charge in [-0.15, -0.1) is 0 Å². The molecule has 7 heteroatoms. The van der Waals surface area contributed by atoms with Gasteiger partial charge < -0.3 is 14.6 Å². The molecule has 0 atom stereocenters. The van der Waals surface area contributed by atoms with Gasteiger partial charge >= 0.3 is 0 Å². The minimum atomic E-state index is 0.0463. The first-order valence-electron chi connectivity index (χ1n) is 9.47. The number of carbonyl (C=O) groups excluding carboxylic acids is 2. The molecule has 1 aliphatic carbocycles. The Bertz CT molecular complexity index is 793. The summed E-state index contributed by atoms with van der Waals surface area (Å²) in [5.41, 5.74) is 1.54. The van der Waals surface area contributed by atoms with E-state index in [2.05, 4.69) is 15.2 Å². The Hall–Kier alpha value is -2.67. The van der Waals surface area contributed by atoms with Crippen LogP contribution in [0.15, 0.2) is 41.0 Å². The van der Waals surface area contributed by atoms with Crippen molar-refractivity contribution in [2.75, 3.05) is 32.7 Å². The Kier molecular flexibility index (Phi) is 5.20. The third-order valence-electron chi connectivity index (χ3n) is 4.94. The standard InChI is InChI=1S/C20H24N4O3/c25-18(21-16-6-7-16)13-23-8-10-24(11-9-23)19(26)12-17-14-27-20(22-17)15-4-2-1-3-5-15/h1-5,14,16H,6-13H2,(H,21,25). The van der Waals surface area contributed by atoms with Crippen LogP contribution in [0.1, 0.15) is 18.5 Å². The number of oxazole rings is 1. The van der Waals surface area contributed by atoms with Crippen LogP contribution in [-0.2, 0) is 16.0 Å². The van der Waals surface area contributed by atoms with Crippen LogP contribution in [0.3, 0.4) is 0 Å². The van der Waals surface area contributed by atoms with Crippen LogP contribution in [0.5, 0.6) is 0 Å². The molecule has 1 N–H and O–H groups in total. The Labute approximate surface area is 158 Å². The lowest BCUT2D eigenvalue weighted by Gasteiger charge is -2.34. The SMILES string of the molecule is O=C(CN1CCN(C(=O)Cc2coc(-c3ccccc3)n2)CC1)NC1CC1. The van der Waals surface area contributed by atoms with Gasteiger partial charge in [0.25, 0.3) is 0 Å². The first-order valence-corrected chi connectivity index (χ1v) is 9.47. The highest BCUT2D eigenvalue weighted by Gasteiger charge is 2.26. The van der Waals surface area contributed by atoms with E-state index in [1.165, 1.54) is 0 Å². The number of carbonyl (C=O) groups is 2. The van der Waals surface area contributed by atoms with Gasteiger partial charge in [0, 0.05) is 37.8 Å². The fraction of sp³-hybridized carbons (Fsp3) is 0.450. The van der Waals surface area contributed by atoms with Crippen molar-refractivity contribution in [3.8, 4) is 11.5 Å². The summed E-state index contributed by atoms with van der Waals surface area (Å²) in [6.07, 6.45) is 3.99. The van der Waals surface area contributed by atoms with E-state index in [1.54, 1.807) is 6.26 Å². The van der Waals surface area contributed by atoms with Crippen LogP contribution >= 0.6 is 0 Å². The van der Waals surface area contributed by atoms with Crippen LogP contribution in [0.4, 0.5) is 0 Å². The fourth-order valence-corrected chi connectivity index (χ4v) is 3.23. The Morgan fingerprint density at radius 2 is 1.85 bits per heavy atom. The predicted molar refractivity (Wildman–Crippen MR) is 99.8 cm³/mol. The first-order chi connectivity index (χ1) is 13.2. The Morgan fingerprint density at radius 3 is 2.56 bits per heavy atom. The van der Waals surface area contributed by atoms with Gasteiger partial charge in [0.1, 0.15) is 6.26 Å². The molecular weight excluding hydrogens is 344 g/mol. The van der Waals surface area contributed by atoms with E-state index < -0.39 is 0 Å². The molecule has 4 rings (SSSR count). The summed E-state index contributed by atoms with van der Waals surface area (Å²) in [4.78, 5) is 32.8. The molecule has 27 heavy (non-hydrogen) atoms. The van der Waals surface area contributed by atoms with Crippen molar-refractivity contribution in [2.45, 2.75) is 25.3 Å². The molecule has 142 valence electrons. The van der Waals surface area contributed by atoms with E-state index in [0.717, 1.165) is 31.5 Å². The molecule has 2 aliphatic rings. The van der Waals surface area contributed by atoms with Crippen molar-refractivity contribution in [1.82, 2.24) is 20.1 Å². The first kappa shape index (κ1) is 17.7. The molecule has 1 aromatic carbocycles. The van der Waals surface area contributed by atoms with Crippen LogP contribution in [0.2, 0.25) is 0 Å². The number of hydrogen-bond acceptors (Lipinski definition) is 5. The summed E-state index contributed by atoms with van der Waals surface area (Å²) in [7, 11) is 0. The average Bonchev–Trinajstić information content (AvgIpc) is 3.37. The molecule has 2 fully saturated rings. The van der Waals surface area contributed by atoms with Crippen LogP contribution in [-0.4, -0.2) is 65.4 Å². The number of amides is 2. The normalized spacial score (nSPS) is 17.7. The summed E-state index contributed by atoms with van der Waals surface area (Å²) in [5, 5.41) is 3.00. The van der Waals surface area contributed by atoms with E-state index in [4.69, 9.17) is 4.42 Å². The third-order valence-corrected chi connectivity index (χ3v) is 4.94. The van der Waals surface area contributed by atoms with E-state index in [9.17, 15) is 9.59 Å². The summed E-state index contributed by atoms with van der Waals surface area (Å²) >= 11 is 0. The van der Waals surface area contributed by atoms with Gasteiger partial charge in [-0.25, -0.2) is 4.98 Å². The summed E-state index contributed by atoms with van der Waals surface area (Å²) < 4.78 is 5.50. The number of aromatic nitrogens is 1. The van der Waals surface area contributed by atoms with Crippen LogP contribution in [0, 0.1) is 0 Å². The zero-order valence-corrected chi connectivity index (χ0v) is 15.3. The van der Waals surface area contributed by atoms with Crippen molar-refractivity contribution >= 4 is 11.8 Å². The fourth-order valence-electron chi connectivity index (χ4n) is 3.23. The minimum Gasteiger partial charge on any atom is -0.444 e. The molecular formula is C20H24N4O3. The molecule has 7 nitrogen and oxygen atoms in total. The number of nitrogens with one attached hydrogen (secondary N) is 1. The molecule has 0 radical (unpaired) electrons. The van der Waals surface area contributed by atoms with Gasteiger partial charge in [-0.1, -0.05) is 18.2 Å². The second-order valence-corrected chi connectivity index (χ2v) is 7.19. The van der Waals surface area contributed by atoms with Crippen molar-refractivity contribution in [3.63, 3.8) is 0 Å². The van der Waals surface area contributed by atoms with Gasteiger partial charge in [0.15, 0.2) is 0 Å². The van der Waals surface area contributed by atoms with E-state index in [-0.39, 0.29) is 18.2 Å². The molecule has 2 heterocycles. The quantitative estimate of drug-likeness (QED) is 0.832. The zero-order chi connectivity index (χ0) is 18.6. The maximum atomic E-state index is 12.5. The molecule has 0 unspecified atom stereocenters. The van der Waals surface area contributed by atoms with Gasteiger partial charge in [-0.05, 0) is 25.0 Å². The molecule has 1 saturated heterocycles. The third kappa shape index (κ3) is 4.74. The predicted octanol–water partition coefficient (Wildman–Crippen LogP) is 1.31. The monoisotopic (exact) mass is 368 g/mol. The number of hydrogen-bond donors (Lipinski definition) is 1.